The highest BCUT2D eigenvalue weighted by Gasteiger charge is 2.32. The van der Waals surface area contributed by atoms with Gasteiger partial charge in [0.25, 0.3) is 0 Å². The normalized spacial score (nSPS) is 31.3. The first-order valence-electron chi connectivity index (χ1n) is 8.68. The van der Waals surface area contributed by atoms with E-state index in [4.69, 9.17) is 11.5 Å². The number of fused-ring (bicyclic) bond motifs is 1. The molecular formula is C17H26N6. The van der Waals surface area contributed by atoms with Crippen molar-refractivity contribution in [1.29, 1.82) is 0 Å². The molecule has 1 aromatic carbocycles. The van der Waals surface area contributed by atoms with Crippen LogP contribution in [0.2, 0.25) is 0 Å². The van der Waals surface area contributed by atoms with Crippen LogP contribution in [0.5, 0.6) is 0 Å². The number of benzene rings is 1. The van der Waals surface area contributed by atoms with Gasteiger partial charge in [-0.3, -0.25) is 11.2 Å². The number of likely N-dealkylation sites (tertiary alicyclic amines) is 1. The van der Waals surface area contributed by atoms with E-state index in [9.17, 15) is 0 Å². The van der Waals surface area contributed by atoms with Gasteiger partial charge in [0.1, 0.15) is 0 Å². The van der Waals surface area contributed by atoms with Crippen molar-refractivity contribution >= 4 is 5.96 Å². The molecule has 6 N–H and O–H groups in total. The van der Waals surface area contributed by atoms with E-state index in [1.54, 1.807) is 0 Å². The number of nitrogens with one attached hydrogen (secondary N) is 2. The highest BCUT2D eigenvalue weighted by atomic mass is 15.6. The van der Waals surface area contributed by atoms with Gasteiger partial charge in [-0.05, 0) is 62.7 Å². The maximum atomic E-state index is 6.32. The third-order valence-electron chi connectivity index (χ3n) is 5.48. The molecule has 1 saturated heterocycles. The van der Waals surface area contributed by atoms with Crippen molar-refractivity contribution in [1.82, 2.24) is 15.8 Å². The second kappa shape index (κ2) is 5.78. The minimum absolute atomic E-state index is 0.330. The van der Waals surface area contributed by atoms with Gasteiger partial charge in [-0.25, -0.2) is 4.99 Å². The lowest BCUT2D eigenvalue weighted by Gasteiger charge is -2.26. The van der Waals surface area contributed by atoms with Crippen molar-refractivity contribution < 1.29 is 0 Å². The van der Waals surface area contributed by atoms with Crippen LogP contribution in [0.1, 0.15) is 42.4 Å². The summed E-state index contributed by atoms with van der Waals surface area (Å²) in [5, 5.41) is 0. The lowest BCUT2D eigenvalue weighted by molar-refractivity contribution is 0.222. The predicted octanol–water partition coefficient (Wildman–Crippen LogP) is 0.521. The highest BCUT2D eigenvalue weighted by molar-refractivity contribution is 5.79. The molecule has 0 saturated carbocycles. The summed E-state index contributed by atoms with van der Waals surface area (Å²) in [6.07, 6.45) is 7.51. The third-order valence-corrected chi connectivity index (χ3v) is 5.48. The minimum Gasteiger partial charge on any atom is -0.369 e. The molecule has 1 aromatic rings. The molecule has 0 amide bonds. The molecule has 1 unspecified atom stereocenters. The van der Waals surface area contributed by atoms with Gasteiger partial charge in [0, 0.05) is 11.6 Å². The second-order valence-electron chi connectivity index (χ2n) is 6.97. The van der Waals surface area contributed by atoms with Crippen LogP contribution in [0.3, 0.4) is 0 Å². The molecule has 4 rings (SSSR count). The number of guanidine groups is 1. The van der Waals surface area contributed by atoms with Gasteiger partial charge in [0.2, 0.25) is 11.7 Å². The number of nitrogens with two attached hydrogens (primary N) is 2. The summed E-state index contributed by atoms with van der Waals surface area (Å²) in [5.74, 6) is -0.628. The van der Waals surface area contributed by atoms with Crippen molar-refractivity contribution in [2.45, 2.75) is 50.4 Å². The maximum Gasteiger partial charge on any atom is 0.209 e. The molecule has 6 heteroatoms. The van der Waals surface area contributed by atoms with Gasteiger partial charge in [0.05, 0.1) is 0 Å². The SMILES string of the molecule is NC1=NC(N)(c2ccc3c(c2)CC[C@@H](N2CCCC2)CC3)NN1. The Morgan fingerprint density at radius 1 is 1.13 bits per heavy atom. The molecule has 2 atom stereocenters. The van der Waals surface area contributed by atoms with Crippen LogP contribution in [0.4, 0.5) is 0 Å². The average molecular weight is 314 g/mol. The first-order valence-corrected chi connectivity index (χ1v) is 8.68. The summed E-state index contributed by atoms with van der Waals surface area (Å²) < 4.78 is 0. The highest BCUT2D eigenvalue weighted by Crippen LogP contribution is 2.29. The van der Waals surface area contributed by atoms with Gasteiger partial charge in [0.15, 0.2) is 0 Å². The maximum absolute atomic E-state index is 6.32. The number of nitrogens with zero attached hydrogens (tertiary/aromatic N) is 2. The van der Waals surface area contributed by atoms with Crippen LogP contribution in [0.15, 0.2) is 23.2 Å². The Bertz CT molecular complexity index is 622. The lowest BCUT2D eigenvalue weighted by Crippen LogP contribution is -2.50. The van der Waals surface area contributed by atoms with E-state index in [1.165, 1.54) is 49.9 Å². The van der Waals surface area contributed by atoms with E-state index < -0.39 is 5.79 Å². The Balaban J connectivity index is 1.54. The molecule has 124 valence electrons. The van der Waals surface area contributed by atoms with Crippen LogP contribution >= 0.6 is 0 Å². The van der Waals surface area contributed by atoms with Crippen molar-refractivity contribution in [3.05, 3.63) is 34.9 Å². The van der Waals surface area contributed by atoms with Gasteiger partial charge < -0.3 is 10.6 Å². The van der Waals surface area contributed by atoms with E-state index in [2.05, 4.69) is 38.9 Å². The van der Waals surface area contributed by atoms with E-state index in [0.29, 0.717) is 5.96 Å². The summed E-state index contributed by atoms with van der Waals surface area (Å²) in [6, 6.07) is 7.24. The Morgan fingerprint density at radius 2 is 1.87 bits per heavy atom. The Morgan fingerprint density at radius 3 is 2.57 bits per heavy atom. The number of hydrogen-bond acceptors (Lipinski definition) is 6. The van der Waals surface area contributed by atoms with Crippen molar-refractivity contribution in [2.75, 3.05) is 13.1 Å². The number of aliphatic imine (C=N–C) groups is 1. The zero-order valence-electron chi connectivity index (χ0n) is 13.5. The zero-order chi connectivity index (χ0) is 15.9. The van der Waals surface area contributed by atoms with Gasteiger partial charge in [-0.1, -0.05) is 18.2 Å². The molecular weight excluding hydrogens is 288 g/mol. The topological polar surface area (TPSA) is 91.7 Å². The van der Waals surface area contributed by atoms with E-state index >= 15 is 0 Å². The van der Waals surface area contributed by atoms with Gasteiger partial charge in [-0.2, -0.15) is 5.43 Å². The Hall–Kier alpha value is -1.63. The van der Waals surface area contributed by atoms with Crippen molar-refractivity contribution in [3.63, 3.8) is 0 Å². The Kier molecular flexibility index (Phi) is 3.75. The second-order valence-corrected chi connectivity index (χ2v) is 6.97. The third kappa shape index (κ3) is 2.82. The lowest BCUT2D eigenvalue weighted by atomic mass is 9.97. The molecule has 1 aliphatic carbocycles. The molecule has 2 heterocycles. The monoisotopic (exact) mass is 314 g/mol. The predicted molar refractivity (Wildman–Crippen MR) is 91.4 cm³/mol. The van der Waals surface area contributed by atoms with E-state index in [0.717, 1.165) is 24.4 Å². The quantitative estimate of drug-likeness (QED) is 0.598. The zero-order valence-corrected chi connectivity index (χ0v) is 13.5. The average Bonchev–Trinajstić information content (AvgIpc) is 3.14. The summed E-state index contributed by atoms with van der Waals surface area (Å²) in [7, 11) is 0. The van der Waals surface area contributed by atoms with Gasteiger partial charge >= 0.3 is 0 Å². The van der Waals surface area contributed by atoms with E-state index in [-0.39, 0.29) is 0 Å². The van der Waals surface area contributed by atoms with Crippen molar-refractivity contribution in [3.8, 4) is 0 Å². The standard InChI is InChI=1S/C17H26N6/c18-16-20-17(19,22-21-16)14-6-3-12-4-7-15(8-5-13(12)11-14)23-9-1-2-10-23/h3,6,11,15,22H,1-2,4-5,7-10,19H2,(H3,18,20,21)/t15-,17?/m0/s1. The van der Waals surface area contributed by atoms with Crippen molar-refractivity contribution in [2.24, 2.45) is 16.5 Å². The molecule has 23 heavy (non-hydrogen) atoms. The molecule has 2 aliphatic heterocycles. The molecule has 0 bridgehead atoms. The molecule has 0 aromatic heterocycles. The van der Waals surface area contributed by atoms with Crippen LogP contribution in [0, 0.1) is 0 Å². The summed E-state index contributed by atoms with van der Waals surface area (Å²) in [4.78, 5) is 6.97. The molecule has 3 aliphatic rings. The minimum atomic E-state index is -0.959. The molecule has 0 radical (unpaired) electrons. The smallest absolute Gasteiger partial charge is 0.209 e. The first kappa shape index (κ1) is 14.9. The summed E-state index contributed by atoms with van der Waals surface area (Å²) in [5.41, 5.74) is 21.6. The van der Waals surface area contributed by atoms with Crippen LogP contribution in [0.25, 0.3) is 0 Å². The summed E-state index contributed by atoms with van der Waals surface area (Å²) in [6.45, 7) is 2.56. The van der Waals surface area contributed by atoms with Crippen LogP contribution < -0.4 is 22.3 Å². The largest absolute Gasteiger partial charge is 0.369 e. The fraction of sp³-hybridized carbons (Fsp3) is 0.588. The van der Waals surface area contributed by atoms with Crippen LogP contribution in [-0.4, -0.2) is 30.0 Å². The number of rotatable bonds is 2. The summed E-state index contributed by atoms with van der Waals surface area (Å²) >= 11 is 0. The number of hydrogen-bond donors (Lipinski definition) is 4. The Labute approximate surface area is 137 Å². The molecule has 6 nitrogen and oxygen atoms in total. The fourth-order valence-corrected chi connectivity index (χ4v) is 4.14. The number of hydrazine groups is 1. The van der Waals surface area contributed by atoms with Crippen LogP contribution in [-0.2, 0) is 18.6 Å². The number of aryl methyl sites for hydroxylation is 2. The fourth-order valence-electron chi connectivity index (χ4n) is 4.14. The molecule has 0 spiro atoms. The van der Waals surface area contributed by atoms with Gasteiger partial charge in [-0.15, -0.1) is 0 Å². The molecule has 1 fully saturated rings. The van der Waals surface area contributed by atoms with E-state index in [1.807, 2.05) is 0 Å². The first-order chi connectivity index (χ1) is 11.1.